The molecular weight excluding hydrogens is 425 g/mol. The van der Waals surface area contributed by atoms with E-state index in [1.54, 1.807) is 0 Å². The Hall–Kier alpha value is -3.26. The second-order valence-corrected chi connectivity index (χ2v) is 8.74. The zero-order valence-corrected chi connectivity index (χ0v) is 20.1. The third-order valence-corrected chi connectivity index (χ3v) is 5.94. The number of aromatic nitrogens is 2. The van der Waals surface area contributed by atoms with Gasteiger partial charge in [-0.1, -0.05) is 82.6 Å². The number of benzene rings is 2. The first-order chi connectivity index (χ1) is 16.7. The monoisotopic (exact) mass is 459 g/mol. The number of hydrogen-bond donors (Lipinski definition) is 0. The Labute approximate surface area is 202 Å². The summed E-state index contributed by atoms with van der Waals surface area (Å²) in [5.74, 6) is 0.293. The third-order valence-electron chi connectivity index (χ3n) is 5.94. The summed E-state index contributed by atoms with van der Waals surface area (Å²) in [6.45, 7) is 2.50. The molecule has 2 aromatic carbocycles. The van der Waals surface area contributed by atoms with Crippen LogP contribution in [0.1, 0.15) is 81.4 Å². The third kappa shape index (κ3) is 8.26. The average molecular weight is 460 g/mol. The van der Waals surface area contributed by atoms with Gasteiger partial charge in [0.05, 0.1) is 11.6 Å². The van der Waals surface area contributed by atoms with Gasteiger partial charge in [0.1, 0.15) is 6.61 Å². The summed E-state index contributed by atoms with van der Waals surface area (Å²) in [6, 6.07) is 13.9. The van der Waals surface area contributed by atoms with Crippen LogP contribution in [0.3, 0.4) is 0 Å². The van der Waals surface area contributed by atoms with E-state index in [0.717, 1.165) is 17.5 Å². The van der Waals surface area contributed by atoms with Crippen molar-refractivity contribution >= 4 is 0 Å². The van der Waals surface area contributed by atoms with E-state index in [1.807, 2.05) is 42.7 Å². The molecule has 0 spiro atoms. The molecule has 1 aromatic heterocycles. The van der Waals surface area contributed by atoms with Crippen molar-refractivity contribution in [1.29, 1.82) is 5.26 Å². The molecule has 0 radical (unpaired) electrons. The van der Waals surface area contributed by atoms with E-state index in [0.29, 0.717) is 5.82 Å². The quantitative estimate of drug-likeness (QED) is 0.231. The Morgan fingerprint density at radius 3 is 2.09 bits per heavy atom. The van der Waals surface area contributed by atoms with Crippen LogP contribution in [0.5, 0.6) is 5.75 Å². The van der Waals surface area contributed by atoms with Gasteiger partial charge in [-0.25, -0.2) is 14.4 Å². The lowest BCUT2D eigenvalue weighted by molar-refractivity contribution is 0.290. The number of nitrogens with zero attached hydrogens (tertiary/aromatic N) is 3. The minimum absolute atomic E-state index is 0.133. The summed E-state index contributed by atoms with van der Waals surface area (Å²) >= 11 is 0. The topological polar surface area (TPSA) is 58.8 Å². The average Bonchev–Trinajstić information content (AvgIpc) is 2.87. The normalized spacial score (nSPS) is 10.7. The summed E-state index contributed by atoms with van der Waals surface area (Å²) in [7, 11) is 0. The molecule has 0 saturated heterocycles. The first-order valence-corrected chi connectivity index (χ1v) is 12.4. The van der Waals surface area contributed by atoms with Crippen LogP contribution in [0, 0.1) is 17.1 Å². The van der Waals surface area contributed by atoms with Crippen molar-refractivity contribution in [3.05, 3.63) is 77.4 Å². The SMILES string of the molecule is CCCCCCCCCCCc1cnc(-c2ccc(COc3ccc(C#N)cc3F)cc2)nc1. The molecule has 3 rings (SSSR count). The summed E-state index contributed by atoms with van der Waals surface area (Å²) < 4.78 is 19.5. The van der Waals surface area contributed by atoms with E-state index in [1.165, 1.54) is 81.5 Å². The molecule has 34 heavy (non-hydrogen) atoms. The van der Waals surface area contributed by atoms with Crippen LogP contribution in [0.4, 0.5) is 4.39 Å². The van der Waals surface area contributed by atoms with Crippen molar-refractivity contribution in [3.8, 4) is 23.2 Å². The zero-order chi connectivity index (χ0) is 24.0. The smallest absolute Gasteiger partial charge is 0.166 e. The van der Waals surface area contributed by atoms with Gasteiger partial charge < -0.3 is 4.74 Å². The van der Waals surface area contributed by atoms with Crippen molar-refractivity contribution in [2.24, 2.45) is 0 Å². The summed E-state index contributed by atoms with van der Waals surface area (Å²) in [5, 5.41) is 8.82. The molecule has 0 atom stereocenters. The number of halogens is 1. The van der Waals surface area contributed by atoms with Crippen molar-refractivity contribution < 1.29 is 9.13 Å². The lowest BCUT2D eigenvalue weighted by Gasteiger charge is -2.08. The van der Waals surface area contributed by atoms with Gasteiger partial charge in [-0.2, -0.15) is 5.26 Å². The predicted molar refractivity (Wildman–Crippen MR) is 134 cm³/mol. The lowest BCUT2D eigenvalue weighted by atomic mass is 10.1. The molecule has 5 heteroatoms. The van der Waals surface area contributed by atoms with E-state index in [9.17, 15) is 4.39 Å². The largest absolute Gasteiger partial charge is 0.486 e. The van der Waals surface area contributed by atoms with Gasteiger partial charge >= 0.3 is 0 Å². The number of unbranched alkanes of at least 4 members (excludes halogenated alkanes) is 8. The summed E-state index contributed by atoms with van der Waals surface area (Å²) in [5.41, 5.74) is 3.30. The second kappa shape index (κ2) is 14.1. The highest BCUT2D eigenvalue weighted by Gasteiger charge is 2.06. The molecule has 0 N–H and O–H groups in total. The number of aryl methyl sites for hydroxylation is 1. The number of rotatable bonds is 14. The van der Waals surface area contributed by atoms with Crippen molar-refractivity contribution in [2.45, 2.75) is 77.7 Å². The molecule has 4 nitrogen and oxygen atoms in total. The molecule has 0 bridgehead atoms. The Morgan fingerprint density at radius 1 is 0.824 bits per heavy atom. The van der Waals surface area contributed by atoms with Gasteiger partial charge in [-0.05, 0) is 42.2 Å². The molecule has 0 amide bonds. The van der Waals surface area contributed by atoms with Gasteiger partial charge in [0, 0.05) is 18.0 Å². The van der Waals surface area contributed by atoms with Crippen LogP contribution < -0.4 is 4.74 Å². The van der Waals surface area contributed by atoms with Crippen LogP contribution in [0.15, 0.2) is 54.9 Å². The molecule has 0 aliphatic heterocycles. The molecule has 0 aliphatic rings. The first kappa shape index (κ1) is 25.4. The highest BCUT2D eigenvalue weighted by Crippen LogP contribution is 2.21. The van der Waals surface area contributed by atoms with Crippen LogP contribution in [0.25, 0.3) is 11.4 Å². The van der Waals surface area contributed by atoms with E-state index >= 15 is 0 Å². The number of hydrogen-bond acceptors (Lipinski definition) is 4. The Bertz CT molecular complexity index is 1040. The maximum absolute atomic E-state index is 13.9. The fourth-order valence-corrected chi connectivity index (χ4v) is 3.87. The highest BCUT2D eigenvalue weighted by atomic mass is 19.1. The summed E-state index contributed by atoms with van der Waals surface area (Å²) in [4.78, 5) is 9.08. The van der Waals surface area contributed by atoms with Crippen LogP contribution in [-0.4, -0.2) is 9.97 Å². The fourth-order valence-electron chi connectivity index (χ4n) is 3.87. The predicted octanol–water partition coefficient (Wildman–Crippen LogP) is 7.81. The Morgan fingerprint density at radius 2 is 1.47 bits per heavy atom. The molecular formula is C29H34FN3O. The van der Waals surface area contributed by atoms with E-state index in [4.69, 9.17) is 10.00 Å². The van der Waals surface area contributed by atoms with Crippen molar-refractivity contribution in [2.75, 3.05) is 0 Å². The van der Waals surface area contributed by atoms with Crippen LogP contribution in [-0.2, 0) is 13.0 Å². The molecule has 0 saturated carbocycles. The maximum atomic E-state index is 13.9. The van der Waals surface area contributed by atoms with Crippen LogP contribution in [0.2, 0.25) is 0 Å². The van der Waals surface area contributed by atoms with E-state index in [2.05, 4.69) is 16.9 Å². The molecule has 0 fully saturated rings. The molecule has 0 unspecified atom stereocenters. The molecule has 0 aliphatic carbocycles. The van der Waals surface area contributed by atoms with Crippen LogP contribution >= 0.6 is 0 Å². The second-order valence-electron chi connectivity index (χ2n) is 8.74. The Kier molecular flexibility index (Phi) is 10.5. The number of nitriles is 1. The van der Waals surface area contributed by atoms with E-state index in [-0.39, 0.29) is 17.9 Å². The molecule has 178 valence electrons. The first-order valence-electron chi connectivity index (χ1n) is 12.4. The van der Waals surface area contributed by atoms with Gasteiger partial charge in [-0.15, -0.1) is 0 Å². The van der Waals surface area contributed by atoms with Gasteiger partial charge in [0.15, 0.2) is 17.4 Å². The Balaban J connectivity index is 1.40. The molecule has 3 aromatic rings. The maximum Gasteiger partial charge on any atom is 0.166 e. The highest BCUT2D eigenvalue weighted by molar-refractivity contribution is 5.55. The van der Waals surface area contributed by atoms with Gasteiger partial charge in [-0.3, -0.25) is 0 Å². The number of ether oxygens (including phenoxy) is 1. The lowest BCUT2D eigenvalue weighted by Crippen LogP contribution is -1.98. The van der Waals surface area contributed by atoms with Crippen molar-refractivity contribution in [3.63, 3.8) is 0 Å². The summed E-state index contributed by atoms with van der Waals surface area (Å²) in [6.07, 6.45) is 16.8. The van der Waals surface area contributed by atoms with Gasteiger partial charge in [0.2, 0.25) is 0 Å². The fraction of sp³-hybridized carbons (Fsp3) is 0.414. The molecule has 1 heterocycles. The van der Waals surface area contributed by atoms with E-state index < -0.39 is 5.82 Å². The minimum Gasteiger partial charge on any atom is -0.486 e. The van der Waals surface area contributed by atoms with Gasteiger partial charge in [0.25, 0.3) is 0 Å². The van der Waals surface area contributed by atoms with Crippen molar-refractivity contribution in [1.82, 2.24) is 9.97 Å². The standard InChI is InChI=1S/C29H34FN3O/c1-2-3-4-5-6-7-8-9-10-11-25-20-32-29(33-21-25)26-15-12-23(13-16-26)22-34-28-17-14-24(19-31)18-27(28)30/h12-18,20-21H,2-11,22H2,1H3. The minimum atomic E-state index is -0.536. The zero-order valence-electron chi connectivity index (χ0n) is 20.1.